The molecule has 2 aromatic rings. The number of hydrogen-bond acceptors (Lipinski definition) is 4. The summed E-state index contributed by atoms with van der Waals surface area (Å²) in [5.41, 5.74) is 5.89. The Bertz CT molecular complexity index is 870. The molecule has 1 fully saturated rings. The maximum atomic E-state index is 12.3. The van der Waals surface area contributed by atoms with Crippen molar-refractivity contribution in [3.05, 3.63) is 58.6 Å². The molecule has 140 valence electrons. The Morgan fingerprint density at radius 3 is 2.56 bits per heavy atom. The number of halogens is 1. The number of anilines is 1. The molecule has 0 radical (unpaired) electrons. The Hall–Kier alpha value is -2.87. The van der Waals surface area contributed by atoms with Crippen LogP contribution in [-0.2, 0) is 9.59 Å². The summed E-state index contributed by atoms with van der Waals surface area (Å²) in [5.74, 6) is -0.820. The predicted octanol–water partition coefficient (Wildman–Crippen LogP) is 2.27. The Labute approximate surface area is 164 Å². The lowest BCUT2D eigenvalue weighted by Crippen LogP contribution is -2.45. The molecule has 0 bridgehead atoms. The summed E-state index contributed by atoms with van der Waals surface area (Å²) in [7, 11) is 1.57. The van der Waals surface area contributed by atoms with E-state index in [2.05, 4.69) is 26.8 Å². The molecule has 1 atom stereocenters. The van der Waals surface area contributed by atoms with Gasteiger partial charge in [-0.05, 0) is 42.5 Å². The van der Waals surface area contributed by atoms with Crippen molar-refractivity contribution in [2.45, 2.75) is 6.42 Å². The summed E-state index contributed by atoms with van der Waals surface area (Å²) < 4.78 is 5.87. The van der Waals surface area contributed by atoms with Crippen LogP contribution in [0.3, 0.4) is 0 Å². The molecule has 0 spiro atoms. The SMILES string of the molecule is COc1ccc(N2C[C@H](C(=O)NNC(=O)c3cccc(Br)c3)CC2=O)cc1. The normalized spacial score (nSPS) is 16.1. The Balaban J connectivity index is 1.57. The van der Waals surface area contributed by atoms with E-state index in [0.29, 0.717) is 17.0 Å². The lowest BCUT2D eigenvalue weighted by Gasteiger charge is -2.17. The second-order valence-electron chi connectivity index (χ2n) is 6.06. The molecule has 3 rings (SSSR count). The van der Waals surface area contributed by atoms with E-state index >= 15 is 0 Å². The van der Waals surface area contributed by atoms with Crippen LogP contribution in [0, 0.1) is 5.92 Å². The van der Waals surface area contributed by atoms with Crippen LogP contribution in [0.15, 0.2) is 53.0 Å². The first-order valence-electron chi connectivity index (χ1n) is 8.28. The van der Waals surface area contributed by atoms with Gasteiger partial charge in [-0.2, -0.15) is 0 Å². The number of benzene rings is 2. The van der Waals surface area contributed by atoms with Crippen molar-refractivity contribution in [3.63, 3.8) is 0 Å². The zero-order valence-corrected chi connectivity index (χ0v) is 16.2. The van der Waals surface area contributed by atoms with Gasteiger partial charge in [-0.1, -0.05) is 22.0 Å². The molecular weight excluding hydrogens is 414 g/mol. The highest BCUT2D eigenvalue weighted by atomic mass is 79.9. The smallest absolute Gasteiger partial charge is 0.269 e. The van der Waals surface area contributed by atoms with Crippen LogP contribution in [0.2, 0.25) is 0 Å². The highest BCUT2D eigenvalue weighted by Gasteiger charge is 2.35. The third-order valence-electron chi connectivity index (χ3n) is 4.27. The average Bonchev–Trinajstić information content (AvgIpc) is 3.07. The maximum absolute atomic E-state index is 12.3. The zero-order valence-electron chi connectivity index (χ0n) is 14.6. The van der Waals surface area contributed by atoms with Crippen molar-refractivity contribution < 1.29 is 19.1 Å². The van der Waals surface area contributed by atoms with Crippen molar-refractivity contribution in [1.29, 1.82) is 0 Å². The van der Waals surface area contributed by atoms with Gasteiger partial charge in [0.15, 0.2) is 0 Å². The van der Waals surface area contributed by atoms with Crippen molar-refractivity contribution in [3.8, 4) is 5.75 Å². The molecule has 1 heterocycles. The largest absolute Gasteiger partial charge is 0.497 e. The molecule has 7 nitrogen and oxygen atoms in total. The van der Waals surface area contributed by atoms with Crippen molar-refractivity contribution in [1.82, 2.24) is 10.9 Å². The van der Waals surface area contributed by atoms with E-state index in [9.17, 15) is 14.4 Å². The van der Waals surface area contributed by atoms with Gasteiger partial charge in [0.2, 0.25) is 11.8 Å². The molecule has 27 heavy (non-hydrogen) atoms. The molecule has 0 aliphatic carbocycles. The molecule has 1 saturated heterocycles. The van der Waals surface area contributed by atoms with E-state index in [1.807, 2.05) is 0 Å². The van der Waals surface area contributed by atoms with Gasteiger partial charge in [0.25, 0.3) is 5.91 Å². The number of hydrazine groups is 1. The summed E-state index contributed by atoms with van der Waals surface area (Å²) in [5, 5.41) is 0. The standard InChI is InChI=1S/C19H18BrN3O4/c1-27-16-7-5-15(6-8-16)23-11-13(10-17(23)24)19(26)22-21-18(25)12-3-2-4-14(20)9-12/h2-9,13H,10-11H2,1H3,(H,21,25)(H,22,26)/t13-/m1/s1. The fourth-order valence-electron chi connectivity index (χ4n) is 2.82. The summed E-state index contributed by atoms with van der Waals surface area (Å²) in [6.07, 6.45) is 0.0879. The average molecular weight is 432 g/mol. The van der Waals surface area contributed by atoms with Gasteiger partial charge < -0.3 is 9.64 Å². The summed E-state index contributed by atoms with van der Waals surface area (Å²) in [6.45, 7) is 0.254. The minimum absolute atomic E-state index is 0.0879. The number of hydrogen-bond donors (Lipinski definition) is 2. The summed E-state index contributed by atoms with van der Waals surface area (Å²) in [6, 6.07) is 13.9. The van der Waals surface area contributed by atoms with E-state index in [1.54, 1.807) is 60.5 Å². The molecule has 2 aromatic carbocycles. The van der Waals surface area contributed by atoms with Gasteiger partial charge in [0.05, 0.1) is 13.0 Å². The van der Waals surface area contributed by atoms with E-state index in [-0.39, 0.29) is 18.9 Å². The van der Waals surface area contributed by atoms with Crippen LogP contribution < -0.4 is 20.5 Å². The van der Waals surface area contributed by atoms with E-state index < -0.39 is 17.7 Å². The monoisotopic (exact) mass is 431 g/mol. The second kappa shape index (κ2) is 8.22. The quantitative estimate of drug-likeness (QED) is 0.726. The predicted molar refractivity (Wildman–Crippen MR) is 103 cm³/mol. The fourth-order valence-corrected chi connectivity index (χ4v) is 3.22. The van der Waals surface area contributed by atoms with Crippen LogP contribution in [0.4, 0.5) is 5.69 Å². The number of ether oxygens (including phenoxy) is 1. The first-order chi connectivity index (χ1) is 13.0. The van der Waals surface area contributed by atoms with Crippen LogP contribution >= 0.6 is 15.9 Å². The number of carbonyl (C=O) groups excluding carboxylic acids is 3. The highest BCUT2D eigenvalue weighted by Crippen LogP contribution is 2.26. The lowest BCUT2D eigenvalue weighted by atomic mass is 10.1. The van der Waals surface area contributed by atoms with E-state index in [4.69, 9.17) is 4.74 Å². The fraction of sp³-hybridized carbons (Fsp3) is 0.211. The van der Waals surface area contributed by atoms with Gasteiger partial charge in [-0.15, -0.1) is 0 Å². The zero-order chi connectivity index (χ0) is 19.4. The molecular formula is C19H18BrN3O4. The first kappa shape index (κ1) is 18.9. The van der Waals surface area contributed by atoms with Crippen LogP contribution in [0.5, 0.6) is 5.75 Å². The van der Waals surface area contributed by atoms with Gasteiger partial charge in [0, 0.05) is 28.7 Å². The third kappa shape index (κ3) is 4.46. The number of amides is 3. The van der Waals surface area contributed by atoms with E-state index in [1.165, 1.54) is 0 Å². The van der Waals surface area contributed by atoms with Crippen LogP contribution in [-0.4, -0.2) is 31.4 Å². The topological polar surface area (TPSA) is 87.7 Å². The minimum atomic E-state index is -0.539. The van der Waals surface area contributed by atoms with Gasteiger partial charge in [-0.3, -0.25) is 25.2 Å². The Morgan fingerprint density at radius 1 is 1.15 bits per heavy atom. The lowest BCUT2D eigenvalue weighted by molar-refractivity contribution is -0.126. The molecule has 3 amide bonds. The van der Waals surface area contributed by atoms with Crippen molar-refractivity contribution in [2.75, 3.05) is 18.6 Å². The van der Waals surface area contributed by atoms with Crippen LogP contribution in [0.1, 0.15) is 16.8 Å². The summed E-state index contributed by atoms with van der Waals surface area (Å²) in [4.78, 5) is 38.2. The maximum Gasteiger partial charge on any atom is 0.269 e. The summed E-state index contributed by atoms with van der Waals surface area (Å²) >= 11 is 3.29. The molecule has 1 aliphatic rings. The molecule has 1 aliphatic heterocycles. The third-order valence-corrected chi connectivity index (χ3v) is 4.76. The number of nitrogens with zero attached hydrogens (tertiary/aromatic N) is 1. The Kier molecular flexibility index (Phi) is 5.75. The van der Waals surface area contributed by atoms with Gasteiger partial charge in [-0.25, -0.2) is 0 Å². The number of nitrogens with one attached hydrogen (secondary N) is 2. The van der Waals surface area contributed by atoms with Crippen molar-refractivity contribution >= 4 is 39.3 Å². The molecule has 0 saturated carbocycles. The minimum Gasteiger partial charge on any atom is -0.497 e. The highest BCUT2D eigenvalue weighted by molar-refractivity contribution is 9.10. The first-order valence-corrected chi connectivity index (χ1v) is 9.07. The molecule has 0 unspecified atom stereocenters. The van der Waals surface area contributed by atoms with E-state index in [0.717, 1.165) is 4.47 Å². The van der Waals surface area contributed by atoms with Crippen LogP contribution in [0.25, 0.3) is 0 Å². The Morgan fingerprint density at radius 2 is 1.89 bits per heavy atom. The number of rotatable bonds is 4. The second-order valence-corrected chi connectivity index (χ2v) is 6.97. The van der Waals surface area contributed by atoms with Gasteiger partial charge in [0.1, 0.15) is 5.75 Å². The molecule has 0 aromatic heterocycles. The van der Waals surface area contributed by atoms with Crippen molar-refractivity contribution in [2.24, 2.45) is 5.92 Å². The number of methoxy groups -OCH3 is 1. The number of carbonyl (C=O) groups is 3. The molecule has 8 heteroatoms. The molecule has 2 N–H and O–H groups in total. The van der Waals surface area contributed by atoms with Gasteiger partial charge >= 0.3 is 0 Å².